The summed E-state index contributed by atoms with van der Waals surface area (Å²) in [5.41, 5.74) is 5.01. The predicted molar refractivity (Wildman–Crippen MR) is 120 cm³/mol. The minimum Gasteiger partial charge on any atom is -0.465 e. The minimum absolute atomic E-state index is 0.0175. The maximum Gasteiger partial charge on any atom is 0.325 e. The molecule has 2 aliphatic rings. The number of nitrogens with zero attached hydrogens (tertiary/aromatic N) is 1. The first-order valence-corrected chi connectivity index (χ1v) is 11.1. The molecule has 2 heterocycles. The number of fused-ring (bicyclic) bond motifs is 4. The van der Waals surface area contributed by atoms with Gasteiger partial charge in [0.2, 0.25) is 5.91 Å². The molecule has 32 heavy (non-hydrogen) atoms. The Hall–Kier alpha value is -3.35. The van der Waals surface area contributed by atoms with Gasteiger partial charge in [0.05, 0.1) is 6.61 Å². The number of nitrogens with one attached hydrogen (secondary N) is 2. The van der Waals surface area contributed by atoms with Crippen LogP contribution in [0.4, 0.5) is 10.1 Å². The summed E-state index contributed by atoms with van der Waals surface area (Å²) in [6.45, 7) is 2.20. The van der Waals surface area contributed by atoms with Gasteiger partial charge in [0.25, 0.3) is 0 Å². The Labute approximate surface area is 185 Å². The summed E-state index contributed by atoms with van der Waals surface area (Å²) in [4.78, 5) is 25.1. The maximum atomic E-state index is 14.1. The lowest BCUT2D eigenvalue weighted by atomic mass is 9.91. The number of ether oxygens (including phenoxy) is 1. The SMILES string of the molecule is CCOC(=O)Cn1c2c(c3cc(F)ccc31)C[C@@H](NC(=O)C1Cc3ccccc3N1)CC2. The largest absolute Gasteiger partial charge is 0.465 e. The van der Waals surface area contributed by atoms with E-state index in [-0.39, 0.29) is 36.3 Å². The van der Waals surface area contributed by atoms with Gasteiger partial charge in [-0.15, -0.1) is 0 Å². The first-order chi connectivity index (χ1) is 15.5. The summed E-state index contributed by atoms with van der Waals surface area (Å²) in [7, 11) is 0. The van der Waals surface area contributed by atoms with Crippen LogP contribution >= 0.6 is 0 Å². The van der Waals surface area contributed by atoms with Crippen LogP contribution in [0.3, 0.4) is 0 Å². The standard InChI is InChI=1S/C25H26FN3O3/c1-2-32-24(30)14-29-22-9-7-16(26)12-18(22)19-13-17(8-10-23(19)29)27-25(31)21-11-15-5-3-4-6-20(15)28-21/h3-7,9,12,17,21,28H,2,8,10-11,13-14H2,1H3,(H,27,31)/t17-,21?/m0/s1. The van der Waals surface area contributed by atoms with Crippen molar-refractivity contribution in [1.82, 2.24) is 9.88 Å². The zero-order chi connectivity index (χ0) is 22.2. The van der Waals surface area contributed by atoms with Crippen LogP contribution in [0.1, 0.15) is 30.2 Å². The van der Waals surface area contributed by atoms with E-state index in [9.17, 15) is 14.0 Å². The Morgan fingerprint density at radius 1 is 1.22 bits per heavy atom. The molecule has 5 rings (SSSR count). The average Bonchev–Trinajstić information content (AvgIpc) is 3.34. The third-order valence-corrected chi connectivity index (χ3v) is 6.46. The fourth-order valence-corrected chi connectivity index (χ4v) is 5.02. The molecule has 2 atom stereocenters. The van der Waals surface area contributed by atoms with Crippen molar-refractivity contribution in [2.45, 2.75) is 51.2 Å². The van der Waals surface area contributed by atoms with Crippen molar-refractivity contribution in [3.63, 3.8) is 0 Å². The monoisotopic (exact) mass is 435 g/mol. The Balaban J connectivity index is 1.36. The zero-order valence-corrected chi connectivity index (χ0v) is 18.0. The minimum atomic E-state index is -0.312. The van der Waals surface area contributed by atoms with E-state index in [2.05, 4.69) is 10.6 Å². The van der Waals surface area contributed by atoms with E-state index in [1.165, 1.54) is 12.1 Å². The maximum absolute atomic E-state index is 14.1. The van der Waals surface area contributed by atoms with E-state index in [0.29, 0.717) is 25.9 Å². The first kappa shape index (κ1) is 20.5. The molecule has 166 valence electrons. The van der Waals surface area contributed by atoms with Gasteiger partial charge in [-0.2, -0.15) is 0 Å². The van der Waals surface area contributed by atoms with Gasteiger partial charge in [-0.25, -0.2) is 4.39 Å². The number of aromatic nitrogens is 1. The van der Waals surface area contributed by atoms with Gasteiger partial charge in [0.1, 0.15) is 18.4 Å². The number of carbonyl (C=O) groups excluding carboxylic acids is 2. The van der Waals surface area contributed by atoms with Crippen LogP contribution in [0.15, 0.2) is 42.5 Å². The third-order valence-electron chi connectivity index (χ3n) is 6.46. The van der Waals surface area contributed by atoms with Crippen molar-refractivity contribution in [2.75, 3.05) is 11.9 Å². The number of carbonyl (C=O) groups is 2. The molecular formula is C25H26FN3O3. The number of rotatable bonds is 5. The fourth-order valence-electron chi connectivity index (χ4n) is 5.02. The van der Waals surface area contributed by atoms with E-state index < -0.39 is 0 Å². The first-order valence-electron chi connectivity index (χ1n) is 11.1. The number of esters is 1. The van der Waals surface area contributed by atoms with E-state index >= 15 is 0 Å². The smallest absolute Gasteiger partial charge is 0.325 e. The van der Waals surface area contributed by atoms with Gasteiger partial charge < -0.3 is 19.9 Å². The van der Waals surface area contributed by atoms with Crippen molar-refractivity contribution < 1.29 is 18.7 Å². The van der Waals surface area contributed by atoms with Crippen molar-refractivity contribution in [3.05, 3.63) is 65.1 Å². The molecule has 0 saturated carbocycles. The number of halogens is 1. The van der Waals surface area contributed by atoms with Crippen LogP contribution in [0, 0.1) is 5.82 Å². The highest BCUT2D eigenvalue weighted by atomic mass is 19.1. The molecule has 2 N–H and O–H groups in total. The summed E-state index contributed by atoms with van der Waals surface area (Å²) in [6, 6.07) is 12.3. The Morgan fingerprint density at radius 3 is 2.88 bits per heavy atom. The van der Waals surface area contributed by atoms with Crippen LogP contribution in [0.2, 0.25) is 0 Å². The highest BCUT2D eigenvalue weighted by Crippen LogP contribution is 2.33. The van der Waals surface area contributed by atoms with Crippen molar-refractivity contribution >= 4 is 28.5 Å². The van der Waals surface area contributed by atoms with Crippen LogP contribution in [0.5, 0.6) is 0 Å². The van der Waals surface area contributed by atoms with Crippen LogP contribution < -0.4 is 10.6 Å². The molecule has 1 amide bonds. The molecule has 1 aliphatic heterocycles. The van der Waals surface area contributed by atoms with E-state index in [1.807, 2.05) is 28.8 Å². The van der Waals surface area contributed by atoms with Crippen LogP contribution in [-0.4, -0.2) is 35.1 Å². The average molecular weight is 435 g/mol. The molecule has 0 fully saturated rings. The third kappa shape index (κ3) is 3.72. The molecule has 7 heteroatoms. The Kier molecular flexibility index (Phi) is 5.33. The van der Waals surface area contributed by atoms with Gasteiger partial charge in [0.15, 0.2) is 0 Å². The number of para-hydroxylation sites is 1. The molecule has 1 aromatic heterocycles. The molecule has 1 aliphatic carbocycles. The fraction of sp³-hybridized carbons (Fsp3) is 0.360. The molecule has 6 nitrogen and oxygen atoms in total. The molecule has 0 spiro atoms. The molecule has 1 unspecified atom stereocenters. The second kappa shape index (κ2) is 8.30. The molecule has 2 aromatic carbocycles. The zero-order valence-electron chi connectivity index (χ0n) is 18.0. The second-order valence-corrected chi connectivity index (χ2v) is 8.48. The van der Waals surface area contributed by atoms with E-state index in [1.54, 1.807) is 13.0 Å². The number of hydrogen-bond donors (Lipinski definition) is 2. The normalized spacial score (nSPS) is 19.2. The van der Waals surface area contributed by atoms with Crippen molar-refractivity contribution in [3.8, 4) is 0 Å². The number of anilines is 1. The highest BCUT2D eigenvalue weighted by Gasteiger charge is 2.31. The van der Waals surface area contributed by atoms with Gasteiger partial charge in [-0.3, -0.25) is 9.59 Å². The van der Waals surface area contributed by atoms with E-state index in [0.717, 1.165) is 39.8 Å². The van der Waals surface area contributed by atoms with Gasteiger partial charge in [-0.05, 0) is 61.6 Å². The van der Waals surface area contributed by atoms with Gasteiger partial charge >= 0.3 is 5.97 Å². The molecule has 0 bridgehead atoms. The number of amides is 1. The van der Waals surface area contributed by atoms with Gasteiger partial charge in [-0.1, -0.05) is 18.2 Å². The Morgan fingerprint density at radius 2 is 2.06 bits per heavy atom. The molecule has 0 radical (unpaired) electrons. The van der Waals surface area contributed by atoms with Crippen molar-refractivity contribution in [1.29, 1.82) is 0 Å². The van der Waals surface area contributed by atoms with Gasteiger partial charge in [0, 0.05) is 34.7 Å². The van der Waals surface area contributed by atoms with Crippen molar-refractivity contribution in [2.24, 2.45) is 0 Å². The molecule has 0 saturated heterocycles. The predicted octanol–water partition coefficient (Wildman–Crippen LogP) is 3.35. The molecular weight excluding hydrogens is 409 g/mol. The highest BCUT2D eigenvalue weighted by molar-refractivity contribution is 5.89. The summed E-state index contributed by atoms with van der Waals surface area (Å²) in [5.74, 6) is -0.636. The summed E-state index contributed by atoms with van der Waals surface area (Å²) >= 11 is 0. The van der Waals surface area contributed by atoms with E-state index in [4.69, 9.17) is 4.74 Å². The number of hydrogen-bond acceptors (Lipinski definition) is 4. The summed E-state index contributed by atoms with van der Waals surface area (Å²) in [5, 5.41) is 7.29. The number of benzene rings is 2. The topological polar surface area (TPSA) is 72.4 Å². The Bertz CT molecular complexity index is 1180. The lowest BCUT2D eigenvalue weighted by Crippen LogP contribution is -2.46. The lowest BCUT2D eigenvalue weighted by molar-refractivity contribution is -0.143. The van der Waals surface area contributed by atoms with Crippen LogP contribution in [-0.2, 0) is 40.1 Å². The second-order valence-electron chi connectivity index (χ2n) is 8.48. The quantitative estimate of drug-likeness (QED) is 0.603. The molecule has 3 aromatic rings. The van der Waals surface area contributed by atoms with Crippen LogP contribution in [0.25, 0.3) is 10.9 Å². The summed E-state index contributed by atoms with van der Waals surface area (Å²) < 4.78 is 21.1. The lowest BCUT2D eigenvalue weighted by Gasteiger charge is -2.26. The summed E-state index contributed by atoms with van der Waals surface area (Å²) in [6.07, 6.45) is 2.74.